The first kappa shape index (κ1) is 9.57. The number of aromatic nitrogens is 2. The van der Waals surface area contributed by atoms with Gasteiger partial charge in [-0.25, -0.2) is 4.79 Å². The van der Waals surface area contributed by atoms with Gasteiger partial charge in [-0.2, -0.15) is 5.10 Å². The number of nitrogens with two attached hydrogens (primary N) is 1. The zero-order valence-electron chi connectivity index (χ0n) is 7.65. The summed E-state index contributed by atoms with van der Waals surface area (Å²) in [5, 5.41) is 6.52. The molecule has 0 spiro atoms. The van der Waals surface area contributed by atoms with Gasteiger partial charge in [-0.15, -0.1) is 0 Å². The molecule has 0 aromatic carbocycles. The number of ether oxygens (including phenoxy) is 1. The lowest BCUT2D eigenvalue weighted by Crippen LogP contribution is -2.21. The number of hydrogen-bond donors (Lipinski definition) is 2. The van der Waals surface area contributed by atoms with Gasteiger partial charge in [0.15, 0.2) is 0 Å². The van der Waals surface area contributed by atoms with E-state index in [2.05, 4.69) is 10.2 Å². The van der Waals surface area contributed by atoms with Crippen LogP contribution in [0.1, 0.15) is 25.6 Å². The molecule has 13 heavy (non-hydrogen) atoms. The molecule has 0 aliphatic carbocycles. The number of primary amides is 1. The van der Waals surface area contributed by atoms with Crippen molar-refractivity contribution in [2.24, 2.45) is 11.7 Å². The summed E-state index contributed by atoms with van der Waals surface area (Å²) in [6.45, 7) is 3.88. The van der Waals surface area contributed by atoms with Crippen LogP contribution in [-0.4, -0.2) is 16.3 Å². The van der Waals surface area contributed by atoms with Crippen molar-refractivity contribution < 1.29 is 9.53 Å². The third-order valence-corrected chi connectivity index (χ3v) is 1.68. The standard InChI is InChI=1S/C8H13N3O2/c1-5(2)7(13-8(9)12)6-3-4-10-11-6/h3-5,7H,1-2H3,(H2,9,12)(H,10,11)/t7-/m1/s1. The molecule has 1 amide bonds. The lowest BCUT2D eigenvalue weighted by Gasteiger charge is -2.18. The third kappa shape index (κ3) is 2.47. The Bertz CT molecular complexity index is 269. The summed E-state index contributed by atoms with van der Waals surface area (Å²) >= 11 is 0. The SMILES string of the molecule is CC(C)[C@@H](OC(N)=O)c1ccn[nH]1. The molecule has 5 nitrogen and oxygen atoms in total. The molecule has 5 heteroatoms. The highest BCUT2D eigenvalue weighted by Crippen LogP contribution is 2.23. The summed E-state index contributed by atoms with van der Waals surface area (Å²) in [7, 11) is 0. The summed E-state index contributed by atoms with van der Waals surface area (Å²) in [6.07, 6.45) is 0.489. The molecule has 1 atom stereocenters. The van der Waals surface area contributed by atoms with Crippen LogP contribution in [0.2, 0.25) is 0 Å². The van der Waals surface area contributed by atoms with Gasteiger partial charge in [-0.05, 0) is 12.0 Å². The highest BCUT2D eigenvalue weighted by molar-refractivity contribution is 5.64. The lowest BCUT2D eigenvalue weighted by molar-refractivity contribution is 0.0756. The van der Waals surface area contributed by atoms with Crippen LogP contribution in [0.15, 0.2) is 12.3 Å². The zero-order valence-corrected chi connectivity index (χ0v) is 7.65. The van der Waals surface area contributed by atoms with Gasteiger partial charge < -0.3 is 10.5 Å². The Kier molecular flexibility index (Phi) is 2.89. The van der Waals surface area contributed by atoms with Crippen molar-refractivity contribution in [1.29, 1.82) is 0 Å². The summed E-state index contributed by atoms with van der Waals surface area (Å²) in [5.74, 6) is 0.160. The second kappa shape index (κ2) is 3.93. The van der Waals surface area contributed by atoms with Gasteiger partial charge >= 0.3 is 6.09 Å². The fourth-order valence-electron chi connectivity index (χ4n) is 1.11. The van der Waals surface area contributed by atoms with Gasteiger partial charge in [0.25, 0.3) is 0 Å². The monoisotopic (exact) mass is 183 g/mol. The van der Waals surface area contributed by atoms with Gasteiger partial charge in [-0.3, -0.25) is 5.10 Å². The van der Waals surface area contributed by atoms with Gasteiger partial charge in [0.05, 0.1) is 5.69 Å². The average molecular weight is 183 g/mol. The molecule has 1 heterocycles. The van der Waals surface area contributed by atoms with Crippen LogP contribution in [0.25, 0.3) is 0 Å². The molecule has 1 rings (SSSR count). The molecule has 0 saturated carbocycles. The normalized spacial score (nSPS) is 12.8. The number of H-pyrrole nitrogens is 1. The first-order valence-corrected chi connectivity index (χ1v) is 4.06. The maximum Gasteiger partial charge on any atom is 0.405 e. The number of rotatable bonds is 3. The minimum absolute atomic E-state index is 0.160. The molecule has 0 bridgehead atoms. The molecule has 0 fully saturated rings. The van der Waals surface area contributed by atoms with Crippen LogP contribution < -0.4 is 5.73 Å². The number of carbonyl (C=O) groups is 1. The average Bonchev–Trinajstić information content (AvgIpc) is 2.50. The Labute approximate surface area is 76.3 Å². The lowest BCUT2D eigenvalue weighted by atomic mass is 10.0. The van der Waals surface area contributed by atoms with Gasteiger partial charge in [0.2, 0.25) is 0 Å². The molecule has 1 aromatic rings. The van der Waals surface area contributed by atoms with E-state index in [4.69, 9.17) is 10.5 Å². The summed E-state index contributed by atoms with van der Waals surface area (Å²) < 4.78 is 4.92. The molecule has 72 valence electrons. The number of aromatic amines is 1. The number of hydrogen-bond acceptors (Lipinski definition) is 3. The molecule has 0 radical (unpaired) electrons. The van der Waals surface area contributed by atoms with E-state index in [1.807, 2.05) is 13.8 Å². The highest BCUT2D eigenvalue weighted by Gasteiger charge is 2.20. The molecule has 1 aromatic heterocycles. The smallest absolute Gasteiger partial charge is 0.405 e. The fourth-order valence-corrected chi connectivity index (χ4v) is 1.11. The van der Waals surface area contributed by atoms with E-state index < -0.39 is 6.09 Å². The second-order valence-electron chi connectivity index (χ2n) is 3.11. The summed E-state index contributed by atoms with van der Waals surface area (Å²) in [6, 6.07) is 1.76. The predicted molar refractivity (Wildman–Crippen MR) is 46.8 cm³/mol. The first-order valence-electron chi connectivity index (χ1n) is 4.06. The van der Waals surface area contributed by atoms with Crippen molar-refractivity contribution in [1.82, 2.24) is 10.2 Å². The maximum atomic E-state index is 10.6. The summed E-state index contributed by atoms with van der Waals surface area (Å²) in [4.78, 5) is 10.6. The van der Waals surface area contributed by atoms with Crippen LogP contribution in [0.5, 0.6) is 0 Å². The van der Waals surface area contributed by atoms with E-state index in [9.17, 15) is 4.79 Å². The minimum Gasteiger partial charge on any atom is -0.440 e. The summed E-state index contributed by atoms with van der Waals surface area (Å²) in [5.41, 5.74) is 5.70. The van der Waals surface area contributed by atoms with Crippen LogP contribution in [-0.2, 0) is 4.74 Å². The first-order chi connectivity index (χ1) is 6.11. The van der Waals surface area contributed by atoms with Crippen molar-refractivity contribution in [3.63, 3.8) is 0 Å². The Balaban J connectivity index is 2.74. The van der Waals surface area contributed by atoms with Crippen molar-refractivity contribution in [2.45, 2.75) is 20.0 Å². The topological polar surface area (TPSA) is 81.0 Å². The molecule has 0 unspecified atom stereocenters. The van der Waals surface area contributed by atoms with Crippen molar-refractivity contribution in [3.8, 4) is 0 Å². The van der Waals surface area contributed by atoms with Crippen molar-refractivity contribution in [2.75, 3.05) is 0 Å². The van der Waals surface area contributed by atoms with Crippen molar-refractivity contribution >= 4 is 6.09 Å². The number of nitrogens with zero attached hydrogens (tertiary/aromatic N) is 1. The van der Waals surface area contributed by atoms with E-state index in [0.29, 0.717) is 0 Å². The molecule has 0 aliphatic rings. The molecule has 3 N–H and O–H groups in total. The van der Waals surface area contributed by atoms with E-state index in [1.165, 1.54) is 0 Å². The van der Waals surface area contributed by atoms with Crippen LogP contribution in [0.4, 0.5) is 4.79 Å². The predicted octanol–water partition coefficient (Wildman–Crippen LogP) is 1.20. The number of amides is 1. The van der Waals surface area contributed by atoms with Gasteiger partial charge in [-0.1, -0.05) is 13.8 Å². The quantitative estimate of drug-likeness (QED) is 0.738. The maximum absolute atomic E-state index is 10.6. The van der Waals surface area contributed by atoms with Gasteiger partial charge in [0.1, 0.15) is 6.10 Å². The Hall–Kier alpha value is -1.52. The van der Waals surface area contributed by atoms with E-state index >= 15 is 0 Å². The Morgan fingerprint density at radius 2 is 2.38 bits per heavy atom. The third-order valence-electron chi connectivity index (χ3n) is 1.68. The van der Waals surface area contributed by atoms with Crippen molar-refractivity contribution in [3.05, 3.63) is 18.0 Å². The molecule has 0 saturated heterocycles. The van der Waals surface area contributed by atoms with E-state index in [1.54, 1.807) is 12.3 Å². The molecular weight excluding hydrogens is 170 g/mol. The second-order valence-corrected chi connectivity index (χ2v) is 3.11. The fraction of sp³-hybridized carbons (Fsp3) is 0.500. The van der Waals surface area contributed by atoms with Crippen LogP contribution in [0.3, 0.4) is 0 Å². The largest absolute Gasteiger partial charge is 0.440 e. The number of carbonyl (C=O) groups excluding carboxylic acids is 1. The minimum atomic E-state index is -0.770. The number of nitrogens with one attached hydrogen (secondary N) is 1. The van der Waals surface area contributed by atoms with E-state index in [-0.39, 0.29) is 12.0 Å². The molecular formula is C8H13N3O2. The molecule has 0 aliphatic heterocycles. The van der Waals surface area contributed by atoms with Gasteiger partial charge in [0, 0.05) is 6.20 Å². The Morgan fingerprint density at radius 3 is 2.77 bits per heavy atom. The zero-order chi connectivity index (χ0) is 9.84. The van der Waals surface area contributed by atoms with Crippen LogP contribution >= 0.6 is 0 Å². The Morgan fingerprint density at radius 1 is 1.69 bits per heavy atom. The van der Waals surface area contributed by atoms with Crippen LogP contribution in [0, 0.1) is 5.92 Å². The highest BCUT2D eigenvalue weighted by atomic mass is 16.6. The van der Waals surface area contributed by atoms with E-state index in [0.717, 1.165) is 5.69 Å².